The van der Waals surface area contributed by atoms with Crippen molar-refractivity contribution in [3.05, 3.63) is 82.9 Å². The number of ketones is 1. The van der Waals surface area contributed by atoms with Crippen molar-refractivity contribution < 1.29 is 33.6 Å². The second-order valence-corrected chi connectivity index (χ2v) is 9.30. The van der Waals surface area contributed by atoms with Crippen LogP contribution < -0.4 is 23.8 Å². The normalized spacial score (nSPS) is 16.5. The number of hydrogen-bond donors (Lipinski definition) is 1. The molecule has 1 unspecified atom stereocenters. The fraction of sp³-hybridized carbons (Fsp3) is 0.290. The molecule has 4 rings (SSSR count). The molecule has 1 fully saturated rings. The first-order chi connectivity index (χ1) is 18.8. The quantitative estimate of drug-likeness (QED) is 0.210. The Balaban J connectivity index is 2.00. The molecular formula is C31H33NO7. The van der Waals surface area contributed by atoms with Crippen LogP contribution in [0, 0.1) is 0 Å². The van der Waals surface area contributed by atoms with Gasteiger partial charge in [-0.15, -0.1) is 0 Å². The second kappa shape index (κ2) is 11.5. The first-order valence-corrected chi connectivity index (χ1v) is 12.7. The molecule has 1 heterocycles. The SMILES string of the molecule is CCOc1cc(C2/C(=C(\O)c3ccc(OC)c(C(C)C)c3)C(=O)C(=O)N2c2ccccc2OC)ccc1OC. The highest BCUT2D eigenvalue weighted by atomic mass is 16.5. The molecule has 1 atom stereocenters. The van der Waals surface area contributed by atoms with Crippen molar-refractivity contribution in [3.63, 3.8) is 0 Å². The molecule has 1 amide bonds. The lowest BCUT2D eigenvalue weighted by molar-refractivity contribution is -0.132. The van der Waals surface area contributed by atoms with E-state index >= 15 is 0 Å². The zero-order valence-corrected chi connectivity index (χ0v) is 23.0. The lowest BCUT2D eigenvalue weighted by atomic mass is 9.93. The van der Waals surface area contributed by atoms with Gasteiger partial charge in [0, 0.05) is 5.56 Å². The number of aliphatic hydroxyl groups excluding tert-OH is 1. The van der Waals surface area contributed by atoms with Crippen LogP contribution >= 0.6 is 0 Å². The van der Waals surface area contributed by atoms with E-state index < -0.39 is 17.7 Å². The van der Waals surface area contributed by atoms with E-state index in [-0.39, 0.29) is 17.3 Å². The Bertz CT molecular complexity index is 1430. The van der Waals surface area contributed by atoms with Crippen LogP contribution in [0.1, 0.15) is 49.4 Å². The van der Waals surface area contributed by atoms with E-state index in [0.29, 0.717) is 46.4 Å². The van der Waals surface area contributed by atoms with Gasteiger partial charge in [-0.1, -0.05) is 32.0 Å². The summed E-state index contributed by atoms with van der Waals surface area (Å²) in [5, 5.41) is 11.6. The lowest BCUT2D eigenvalue weighted by Crippen LogP contribution is -2.29. The number of anilines is 1. The van der Waals surface area contributed by atoms with Crippen LogP contribution in [-0.4, -0.2) is 44.7 Å². The molecule has 1 aliphatic heterocycles. The van der Waals surface area contributed by atoms with Gasteiger partial charge in [-0.05, 0) is 66.4 Å². The minimum atomic E-state index is -0.962. The van der Waals surface area contributed by atoms with Gasteiger partial charge in [-0.2, -0.15) is 0 Å². The van der Waals surface area contributed by atoms with Crippen molar-refractivity contribution in [3.8, 4) is 23.0 Å². The molecule has 0 aliphatic carbocycles. The van der Waals surface area contributed by atoms with E-state index in [1.165, 1.54) is 19.1 Å². The Hall–Kier alpha value is -4.46. The fourth-order valence-electron chi connectivity index (χ4n) is 4.85. The summed E-state index contributed by atoms with van der Waals surface area (Å²) >= 11 is 0. The molecule has 3 aromatic carbocycles. The van der Waals surface area contributed by atoms with Gasteiger partial charge in [-0.3, -0.25) is 14.5 Å². The Morgan fingerprint density at radius 1 is 0.872 bits per heavy atom. The van der Waals surface area contributed by atoms with Crippen LogP contribution in [0.2, 0.25) is 0 Å². The third kappa shape index (κ3) is 5.02. The predicted octanol–water partition coefficient (Wildman–Crippen LogP) is 5.86. The highest BCUT2D eigenvalue weighted by molar-refractivity contribution is 6.52. The van der Waals surface area contributed by atoms with Crippen molar-refractivity contribution in [1.82, 2.24) is 0 Å². The second-order valence-electron chi connectivity index (χ2n) is 9.30. The van der Waals surface area contributed by atoms with Crippen LogP contribution in [0.3, 0.4) is 0 Å². The summed E-state index contributed by atoms with van der Waals surface area (Å²) in [6, 6.07) is 16.4. The number of rotatable bonds is 9. The summed E-state index contributed by atoms with van der Waals surface area (Å²) in [4.78, 5) is 28.6. The van der Waals surface area contributed by atoms with Crippen molar-refractivity contribution >= 4 is 23.1 Å². The minimum absolute atomic E-state index is 0.0432. The summed E-state index contributed by atoms with van der Waals surface area (Å²) in [7, 11) is 4.61. The standard InChI is InChI=1S/C31H33NO7/c1-7-39-26-17-19(12-15-25(26)38-6)28-27(29(33)20-13-14-23(36-4)21(16-20)18(2)3)30(34)31(35)32(28)22-10-8-9-11-24(22)37-5/h8-18,28,33H,7H2,1-6H3/b29-27+. The number of benzene rings is 3. The van der Waals surface area contributed by atoms with Gasteiger partial charge in [-0.25, -0.2) is 0 Å². The predicted molar refractivity (Wildman–Crippen MR) is 149 cm³/mol. The number of Topliss-reactive ketones (excluding diaryl/α,β-unsaturated/α-hetero) is 1. The average molecular weight is 532 g/mol. The summed E-state index contributed by atoms with van der Waals surface area (Å²) < 4.78 is 22.2. The Labute approximate surface area is 228 Å². The topological polar surface area (TPSA) is 94.5 Å². The van der Waals surface area contributed by atoms with E-state index in [0.717, 1.165) is 5.56 Å². The molecule has 0 aromatic heterocycles. The molecule has 1 aliphatic rings. The van der Waals surface area contributed by atoms with Crippen molar-refractivity contribution in [2.45, 2.75) is 32.7 Å². The molecule has 0 bridgehead atoms. The molecule has 0 spiro atoms. The number of nitrogens with zero attached hydrogens (tertiary/aromatic N) is 1. The first-order valence-electron chi connectivity index (χ1n) is 12.7. The molecule has 8 nitrogen and oxygen atoms in total. The molecule has 0 radical (unpaired) electrons. The maximum absolute atomic E-state index is 13.6. The number of hydrogen-bond acceptors (Lipinski definition) is 7. The van der Waals surface area contributed by atoms with Crippen LogP contribution in [0.15, 0.2) is 66.2 Å². The van der Waals surface area contributed by atoms with Gasteiger partial charge in [0.2, 0.25) is 0 Å². The zero-order valence-electron chi connectivity index (χ0n) is 23.0. The van der Waals surface area contributed by atoms with Crippen molar-refractivity contribution in [2.24, 2.45) is 0 Å². The Morgan fingerprint density at radius 3 is 2.18 bits per heavy atom. The first kappa shape index (κ1) is 27.6. The van der Waals surface area contributed by atoms with Crippen LogP contribution in [0.4, 0.5) is 5.69 Å². The van der Waals surface area contributed by atoms with Crippen LogP contribution in [-0.2, 0) is 9.59 Å². The molecule has 204 valence electrons. The van der Waals surface area contributed by atoms with Gasteiger partial charge in [0.15, 0.2) is 11.5 Å². The largest absolute Gasteiger partial charge is 0.507 e. The van der Waals surface area contributed by atoms with Gasteiger partial charge >= 0.3 is 0 Å². The number of para-hydroxylation sites is 2. The molecule has 1 N–H and O–H groups in total. The van der Waals surface area contributed by atoms with E-state index in [2.05, 4.69) is 0 Å². The van der Waals surface area contributed by atoms with Gasteiger partial charge in [0.25, 0.3) is 11.7 Å². The third-order valence-electron chi connectivity index (χ3n) is 6.72. The third-order valence-corrected chi connectivity index (χ3v) is 6.72. The van der Waals surface area contributed by atoms with Gasteiger partial charge < -0.3 is 24.1 Å². The lowest BCUT2D eigenvalue weighted by Gasteiger charge is -2.27. The van der Waals surface area contributed by atoms with E-state index in [4.69, 9.17) is 18.9 Å². The molecule has 8 heteroatoms. The zero-order chi connectivity index (χ0) is 28.3. The molecule has 0 saturated carbocycles. The summed E-state index contributed by atoms with van der Waals surface area (Å²) in [5.74, 6) is 0.264. The van der Waals surface area contributed by atoms with E-state index in [9.17, 15) is 14.7 Å². The molecule has 1 saturated heterocycles. The number of amides is 1. The highest BCUT2D eigenvalue weighted by Crippen LogP contribution is 2.46. The fourth-order valence-corrected chi connectivity index (χ4v) is 4.85. The van der Waals surface area contributed by atoms with E-state index in [1.807, 2.05) is 20.8 Å². The number of aliphatic hydroxyl groups is 1. The number of carbonyl (C=O) groups is 2. The molecule has 3 aromatic rings. The smallest absolute Gasteiger partial charge is 0.300 e. The van der Waals surface area contributed by atoms with Gasteiger partial charge in [0.1, 0.15) is 17.3 Å². The Kier molecular flexibility index (Phi) is 8.14. The summed E-state index contributed by atoms with van der Waals surface area (Å²) in [6.07, 6.45) is 0. The minimum Gasteiger partial charge on any atom is -0.507 e. The van der Waals surface area contributed by atoms with Crippen LogP contribution in [0.25, 0.3) is 5.76 Å². The highest BCUT2D eigenvalue weighted by Gasteiger charge is 2.48. The maximum Gasteiger partial charge on any atom is 0.300 e. The number of carbonyl (C=O) groups excluding carboxylic acids is 2. The number of ether oxygens (including phenoxy) is 4. The van der Waals surface area contributed by atoms with Crippen molar-refractivity contribution in [1.29, 1.82) is 0 Å². The number of methoxy groups -OCH3 is 3. The van der Waals surface area contributed by atoms with Crippen LogP contribution in [0.5, 0.6) is 23.0 Å². The summed E-state index contributed by atoms with van der Waals surface area (Å²) in [6.45, 7) is 6.25. The molecule has 39 heavy (non-hydrogen) atoms. The van der Waals surface area contributed by atoms with Gasteiger partial charge in [0.05, 0.1) is 45.2 Å². The van der Waals surface area contributed by atoms with E-state index in [1.54, 1.807) is 67.8 Å². The molecular weight excluding hydrogens is 498 g/mol. The monoisotopic (exact) mass is 531 g/mol. The van der Waals surface area contributed by atoms with Crippen molar-refractivity contribution in [2.75, 3.05) is 32.8 Å². The summed E-state index contributed by atoms with van der Waals surface area (Å²) in [5.41, 5.74) is 2.18. The maximum atomic E-state index is 13.6. The average Bonchev–Trinajstić information content (AvgIpc) is 3.22. The Morgan fingerprint density at radius 2 is 1.54 bits per heavy atom.